The molecule has 76 valence electrons. The summed E-state index contributed by atoms with van der Waals surface area (Å²) in [6, 6.07) is 0. The Morgan fingerprint density at radius 1 is 0.857 bits per heavy atom. The van der Waals surface area contributed by atoms with E-state index in [4.69, 9.17) is 0 Å². The normalized spacial score (nSPS) is 50.0. The average Bonchev–Trinajstić information content (AvgIpc) is 2.61. The minimum Gasteiger partial charge on any atom is -0.0438 e. The van der Waals surface area contributed by atoms with Crippen LogP contribution in [0.1, 0.15) is 0 Å². The van der Waals surface area contributed by atoms with Crippen molar-refractivity contribution in [2.45, 2.75) is 17.0 Å². The molecule has 0 aromatic carbocycles. The van der Waals surface area contributed by atoms with Crippen molar-refractivity contribution in [3.63, 3.8) is 0 Å². The van der Waals surface area contributed by atoms with Gasteiger partial charge in [-0.25, -0.2) is 0 Å². The van der Waals surface area contributed by atoms with Gasteiger partial charge in [0.1, 0.15) is 11.3 Å². The van der Waals surface area contributed by atoms with Crippen LogP contribution in [0.5, 0.6) is 0 Å². The highest BCUT2D eigenvalue weighted by molar-refractivity contribution is 7.82. The van der Waals surface area contributed by atoms with E-state index in [1.807, 2.05) is 0 Å². The molecule has 2 heteroatoms. The summed E-state index contributed by atoms with van der Waals surface area (Å²) in [6.07, 6.45) is 7.66. The Hall–Kier alpha value is 0.340. The summed E-state index contributed by atoms with van der Waals surface area (Å²) in [7, 11) is -1.38. The Bertz CT molecular complexity index is 338. The van der Waals surface area contributed by atoms with Crippen LogP contribution in [0.2, 0.25) is 0 Å². The van der Waals surface area contributed by atoms with Gasteiger partial charge in [0, 0.05) is 27.9 Å². The molecule has 3 heterocycles. The molecular formula is C12H20P2+2. The summed E-state index contributed by atoms with van der Waals surface area (Å²) in [5.41, 5.74) is 2.94. The maximum atomic E-state index is 2.58. The van der Waals surface area contributed by atoms with Gasteiger partial charge in [0.25, 0.3) is 0 Å². The first-order chi connectivity index (χ1) is 6.44. The highest BCUT2D eigenvalue weighted by Crippen LogP contribution is 2.83. The summed E-state index contributed by atoms with van der Waals surface area (Å²) in [6.45, 7) is 10.2. The maximum absolute atomic E-state index is 2.58. The molecule has 0 aromatic rings. The SMILES string of the molecule is C[P+]1(C)C=C[C@@H]2[C@H]1[C@@H]1C=C[C@H]2[P+]1(C)C. The van der Waals surface area contributed by atoms with Crippen LogP contribution < -0.4 is 0 Å². The second-order valence-corrected chi connectivity index (χ2v) is 14.6. The van der Waals surface area contributed by atoms with E-state index < -0.39 is 14.5 Å². The first kappa shape index (κ1) is 9.56. The first-order valence-electron chi connectivity index (χ1n) is 5.49. The number of hydrogen-bond acceptors (Lipinski definition) is 0. The van der Waals surface area contributed by atoms with Crippen molar-refractivity contribution in [2.75, 3.05) is 26.7 Å². The van der Waals surface area contributed by atoms with Gasteiger partial charge in [0.15, 0.2) is 0 Å². The van der Waals surface area contributed by atoms with Gasteiger partial charge in [-0.15, -0.1) is 0 Å². The summed E-state index contributed by atoms with van der Waals surface area (Å²) in [4.78, 5) is 0. The molecule has 14 heavy (non-hydrogen) atoms. The van der Waals surface area contributed by atoms with E-state index in [9.17, 15) is 0 Å². The van der Waals surface area contributed by atoms with E-state index in [1.54, 1.807) is 0 Å². The standard InChI is InChI=1S/C12H20P2/c1-13(2)8-7-9-10-5-6-11(12(9)13)14(10,3)4/h5-12H,1-4H3/q+2/t9-,10+,11-,12-/m0/s1. The Morgan fingerprint density at radius 3 is 2.14 bits per heavy atom. The highest BCUT2D eigenvalue weighted by atomic mass is 31.2. The molecule has 1 fully saturated rings. The lowest BCUT2D eigenvalue weighted by molar-refractivity contribution is 0.661. The van der Waals surface area contributed by atoms with Gasteiger partial charge in [-0.2, -0.15) is 0 Å². The van der Waals surface area contributed by atoms with Crippen molar-refractivity contribution in [1.29, 1.82) is 0 Å². The van der Waals surface area contributed by atoms with E-state index in [-0.39, 0.29) is 0 Å². The molecule has 0 N–H and O–H groups in total. The fourth-order valence-corrected chi connectivity index (χ4v) is 12.6. The third kappa shape index (κ3) is 0.929. The van der Waals surface area contributed by atoms with Crippen LogP contribution in [0.3, 0.4) is 0 Å². The first-order valence-corrected chi connectivity index (χ1v) is 11.1. The van der Waals surface area contributed by atoms with Crippen molar-refractivity contribution >= 4 is 14.5 Å². The highest BCUT2D eigenvalue weighted by Gasteiger charge is 2.69. The van der Waals surface area contributed by atoms with E-state index in [0.29, 0.717) is 0 Å². The quantitative estimate of drug-likeness (QED) is 0.439. The fourth-order valence-electron chi connectivity index (χ4n) is 3.86. The monoisotopic (exact) mass is 226 g/mol. The van der Waals surface area contributed by atoms with Crippen LogP contribution in [0, 0.1) is 5.92 Å². The van der Waals surface area contributed by atoms with Crippen LogP contribution in [0.4, 0.5) is 0 Å². The molecule has 0 radical (unpaired) electrons. The zero-order valence-corrected chi connectivity index (χ0v) is 11.3. The summed E-state index contributed by atoms with van der Waals surface area (Å²) >= 11 is 0. The number of rotatable bonds is 0. The molecule has 0 aromatic heterocycles. The van der Waals surface area contributed by atoms with Gasteiger partial charge in [-0.3, -0.25) is 0 Å². The molecule has 0 saturated carbocycles. The second kappa shape index (κ2) is 2.53. The van der Waals surface area contributed by atoms with Crippen LogP contribution in [0.25, 0.3) is 0 Å². The van der Waals surface area contributed by atoms with Crippen molar-refractivity contribution in [1.82, 2.24) is 0 Å². The summed E-state index contributed by atoms with van der Waals surface area (Å²) < 4.78 is 0. The smallest absolute Gasteiger partial charge is 0.0438 e. The summed E-state index contributed by atoms with van der Waals surface area (Å²) in [5.74, 6) is 3.51. The second-order valence-electron chi connectivity index (χ2n) is 6.03. The number of hydrogen-bond donors (Lipinski definition) is 0. The minimum absolute atomic E-state index is 0.656. The Balaban J connectivity index is 2.09. The predicted octanol–water partition coefficient (Wildman–Crippen LogP) is 3.37. The van der Waals surface area contributed by atoms with Gasteiger partial charge in [-0.05, 0) is 18.2 Å². The van der Waals surface area contributed by atoms with E-state index >= 15 is 0 Å². The van der Waals surface area contributed by atoms with E-state index in [0.717, 1.165) is 22.9 Å². The van der Waals surface area contributed by atoms with E-state index in [2.05, 4.69) is 50.7 Å². The average molecular weight is 226 g/mol. The molecule has 2 bridgehead atoms. The van der Waals surface area contributed by atoms with Gasteiger partial charge < -0.3 is 0 Å². The molecule has 0 spiro atoms. The molecule has 3 aliphatic heterocycles. The molecule has 0 amide bonds. The lowest BCUT2D eigenvalue weighted by Crippen LogP contribution is -2.25. The third-order valence-electron chi connectivity index (χ3n) is 4.64. The largest absolute Gasteiger partial charge is 0.125 e. The zero-order valence-electron chi connectivity index (χ0n) is 9.51. The predicted molar refractivity (Wildman–Crippen MR) is 70.7 cm³/mol. The lowest BCUT2D eigenvalue weighted by Gasteiger charge is -2.24. The molecule has 0 aliphatic carbocycles. The van der Waals surface area contributed by atoms with Crippen LogP contribution >= 0.6 is 14.5 Å². The molecule has 1 saturated heterocycles. The van der Waals surface area contributed by atoms with Crippen molar-refractivity contribution in [2.24, 2.45) is 5.92 Å². The zero-order chi connectivity index (χ0) is 10.1. The van der Waals surface area contributed by atoms with Gasteiger partial charge in [0.2, 0.25) is 0 Å². The Kier molecular flexibility index (Phi) is 1.73. The molecule has 0 unspecified atom stereocenters. The van der Waals surface area contributed by atoms with Crippen LogP contribution in [-0.2, 0) is 0 Å². The third-order valence-corrected chi connectivity index (χ3v) is 12.1. The van der Waals surface area contributed by atoms with Gasteiger partial charge in [-0.1, -0.05) is 0 Å². The topological polar surface area (TPSA) is 0 Å². The van der Waals surface area contributed by atoms with Crippen molar-refractivity contribution < 1.29 is 0 Å². The summed E-state index contributed by atoms with van der Waals surface area (Å²) in [5, 5.41) is 0. The molecular weight excluding hydrogens is 206 g/mol. The fraction of sp³-hybridized carbons (Fsp3) is 0.667. The van der Waals surface area contributed by atoms with Crippen molar-refractivity contribution in [3.8, 4) is 0 Å². The van der Waals surface area contributed by atoms with Crippen LogP contribution in [0.15, 0.2) is 24.0 Å². The van der Waals surface area contributed by atoms with Crippen LogP contribution in [-0.4, -0.2) is 43.6 Å². The molecule has 4 atom stereocenters. The lowest BCUT2D eigenvalue weighted by atomic mass is 9.94. The number of fused-ring (bicyclic) bond motifs is 5. The van der Waals surface area contributed by atoms with E-state index in [1.165, 1.54) is 0 Å². The molecule has 3 aliphatic rings. The Labute approximate surface area is 88.5 Å². The van der Waals surface area contributed by atoms with Crippen molar-refractivity contribution in [3.05, 3.63) is 24.0 Å². The minimum atomic E-state index is -0.723. The van der Waals surface area contributed by atoms with Gasteiger partial charge in [0.05, 0.1) is 30.7 Å². The van der Waals surface area contributed by atoms with Gasteiger partial charge >= 0.3 is 0 Å². The maximum Gasteiger partial charge on any atom is 0.125 e. The molecule has 3 rings (SSSR count). The Morgan fingerprint density at radius 2 is 1.50 bits per heavy atom. The number of allylic oxidation sites excluding steroid dienone is 3. The molecule has 0 nitrogen and oxygen atoms in total.